The van der Waals surface area contributed by atoms with E-state index in [1.807, 2.05) is 53.6 Å². The van der Waals surface area contributed by atoms with Crippen molar-refractivity contribution in [2.24, 2.45) is 0 Å². The van der Waals surface area contributed by atoms with Crippen LogP contribution in [-0.2, 0) is 0 Å². The maximum absolute atomic E-state index is 12.6. The fourth-order valence-corrected chi connectivity index (χ4v) is 3.41. The van der Waals surface area contributed by atoms with Gasteiger partial charge < -0.3 is 24.8 Å². The highest BCUT2D eigenvalue weighted by molar-refractivity contribution is 6.01. The number of carbonyl (C=O) groups is 1. The zero-order valence-corrected chi connectivity index (χ0v) is 14.7. The second-order valence-electron chi connectivity index (χ2n) is 6.32. The Morgan fingerprint density at radius 3 is 2.58 bits per heavy atom. The summed E-state index contributed by atoms with van der Waals surface area (Å²) in [6.07, 6.45) is 1.84. The SMILES string of the molecule is COc1ccccc1N1CCN(C(=O)Nc2c[nH]c3ccccc23)CC1. The molecule has 1 aliphatic rings. The van der Waals surface area contributed by atoms with Crippen LogP contribution in [0.15, 0.2) is 54.7 Å². The van der Waals surface area contributed by atoms with Crippen LogP contribution in [0.2, 0.25) is 0 Å². The molecule has 6 nitrogen and oxygen atoms in total. The molecule has 4 rings (SSSR count). The Kier molecular flexibility index (Phi) is 4.39. The number of nitrogens with one attached hydrogen (secondary N) is 2. The maximum Gasteiger partial charge on any atom is 0.322 e. The van der Waals surface area contributed by atoms with Gasteiger partial charge in [-0.3, -0.25) is 0 Å². The van der Waals surface area contributed by atoms with Crippen molar-refractivity contribution in [3.8, 4) is 5.75 Å². The number of carbonyl (C=O) groups excluding carboxylic acids is 1. The molecule has 1 saturated heterocycles. The second kappa shape index (κ2) is 7.00. The van der Waals surface area contributed by atoms with E-state index in [4.69, 9.17) is 4.74 Å². The number of hydrogen-bond acceptors (Lipinski definition) is 3. The molecule has 2 N–H and O–H groups in total. The molecular formula is C20H22N4O2. The highest BCUT2D eigenvalue weighted by Crippen LogP contribution is 2.28. The summed E-state index contributed by atoms with van der Waals surface area (Å²) < 4.78 is 5.45. The Labute approximate surface area is 152 Å². The fourth-order valence-electron chi connectivity index (χ4n) is 3.41. The van der Waals surface area contributed by atoms with Crippen molar-refractivity contribution in [2.45, 2.75) is 0 Å². The van der Waals surface area contributed by atoms with E-state index < -0.39 is 0 Å². The molecule has 2 aromatic carbocycles. The van der Waals surface area contributed by atoms with Crippen LogP contribution in [0.5, 0.6) is 5.75 Å². The van der Waals surface area contributed by atoms with E-state index in [9.17, 15) is 4.79 Å². The average Bonchev–Trinajstić information content (AvgIpc) is 3.11. The number of hydrogen-bond donors (Lipinski definition) is 2. The van der Waals surface area contributed by atoms with Gasteiger partial charge in [0.25, 0.3) is 0 Å². The number of fused-ring (bicyclic) bond motifs is 1. The van der Waals surface area contributed by atoms with Crippen LogP contribution in [0.25, 0.3) is 10.9 Å². The number of para-hydroxylation sites is 3. The predicted molar refractivity (Wildman–Crippen MR) is 104 cm³/mol. The van der Waals surface area contributed by atoms with E-state index in [0.29, 0.717) is 13.1 Å². The van der Waals surface area contributed by atoms with Gasteiger partial charge in [-0.05, 0) is 18.2 Å². The van der Waals surface area contributed by atoms with Crippen LogP contribution in [-0.4, -0.2) is 49.2 Å². The van der Waals surface area contributed by atoms with Crippen molar-refractivity contribution in [2.75, 3.05) is 43.5 Å². The average molecular weight is 350 g/mol. The third kappa shape index (κ3) is 3.06. The summed E-state index contributed by atoms with van der Waals surface area (Å²) in [7, 11) is 1.68. The minimum atomic E-state index is -0.0607. The first-order valence-corrected chi connectivity index (χ1v) is 8.76. The number of nitrogens with zero attached hydrogens (tertiary/aromatic N) is 2. The predicted octanol–water partition coefficient (Wildman–Crippen LogP) is 3.53. The standard InChI is InChI=1S/C20H22N4O2/c1-26-19-9-5-4-8-18(19)23-10-12-24(13-11-23)20(25)22-17-14-21-16-7-3-2-6-15(16)17/h2-9,14,21H,10-13H2,1H3,(H,22,25). The van der Waals surface area contributed by atoms with Crippen LogP contribution in [0.1, 0.15) is 0 Å². The van der Waals surface area contributed by atoms with E-state index in [-0.39, 0.29) is 6.03 Å². The van der Waals surface area contributed by atoms with Crippen LogP contribution < -0.4 is 15.0 Å². The molecule has 0 radical (unpaired) electrons. The van der Waals surface area contributed by atoms with Gasteiger partial charge in [-0.15, -0.1) is 0 Å². The van der Waals surface area contributed by atoms with Gasteiger partial charge in [0.05, 0.1) is 18.5 Å². The molecule has 2 heterocycles. The zero-order valence-electron chi connectivity index (χ0n) is 14.7. The monoisotopic (exact) mass is 350 g/mol. The molecule has 1 aliphatic heterocycles. The molecule has 1 aromatic heterocycles. The number of methoxy groups -OCH3 is 1. The highest BCUT2D eigenvalue weighted by Gasteiger charge is 2.23. The number of benzene rings is 2. The Morgan fingerprint density at radius 1 is 1.04 bits per heavy atom. The Bertz CT molecular complexity index is 913. The van der Waals surface area contributed by atoms with Gasteiger partial charge in [0.1, 0.15) is 5.75 Å². The van der Waals surface area contributed by atoms with E-state index in [1.54, 1.807) is 7.11 Å². The second-order valence-corrected chi connectivity index (χ2v) is 6.32. The van der Waals surface area contributed by atoms with Gasteiger partial charge in [-0.25, -0.2) is 4.79 Å². The summed E-state index contributed by atoms with van der Waals surface area (Å²) in [5, 5.41) is 4.05. The van der Waals surface area contributed by atoms with E-state index in [1.165, 1.54) is 0 Å². The molecule has 0 bridgehead atoms. The van der Waals surface area contributed by atoms with Crippen LogP contribution in [0, 0.1) is 0 Å². The van der Waals surface area contributed by atoms with Gasteiger partial charge in [-0.2, -0.15) is 0 Å². The first-order chi connectivity index (χ1) is 12.8. The lowest BCUT2D eigenvalue weighted by Crippen LogP contribution is -2.50. The summed E-state index contributed by atoms with van der Waals surface area (Å²) in [5.41, 5.74) is 2.91. The molecule has 0 atom stereocenters. The molecule has 0 aliphatic carbocycles. The number of piperazine rings is 1. The van der Waals surface area contributed by atoms with E-state index in [0.717, 1.165) is 41.1 Å². The van der Waals surface area contributed by atoms with E-state index in [2.05, 4.69) is 21.3 Å². The van der Waals surface area contributed by atoms with Crippen molar-refractivity contribution in [3.05, 3.63) is 54.7 Å². The number of aromatic amines is 1. The summed E-state index contributed by atoms with van der Waals surface area (Å²) in [5.74, 6) is 0.865. The van der Waals surface area contributed by atoms with Gasteiger partial charge in [-0.1, -0.05) is 30.3 Å². The molecule has 3 aromatic rings. The highest BCUT2D eigenvalue weighted by atomic mass is 16.5. The summed E-state index contributed by atoms with van der Waals surface area (Å²) in [4.78, 5) is 19.9. The topological polar surface area (TPSA) is 60.6 Å². The molecule has 0 unspecified atom stereocenters. The number of urea groups is 1. The molecule has 0 spiro atoms. The summed E-state index contributed by atoms with van der Waals surface area (Å²) in [6.45, 7) is 2.90. The minimum Gasteiger partial charge on any atom is -0.495 e. The largest absolute Gasteiger partial charge is 0.495 e. The number of aromatic nitrogens is 1. The third-order valence-corrected chi connectivity index (χ3v) is 4.82. The lowest BCUT2D eigenvalue weighted by molar-refractivity contribution is 0.208. The Balaban J connectivity index is 1.41. The summed E-state index contributed by atoms with van der Waals surface area (Å²) >= 11 is 0. The van der Waals surface area contributed by atoms with Crippen LogP contribution >= 0.6 is 0 Å². The minimum absolute atomic E-state index is 0.0607. The number of anilines is 2. The van der Waals surface area contributed by atoms with Gasteiger partial charge in [0.15, 0.2) is 0 Å². The number of amides is 2. The van der Waals surface area contributed by atoms with Gasteiger partial charge >= 0.3 is 6.03 Å². The number of rotatable bonds is 3. The van der Waals surface area contributed by atoms with Crippen molar-refractivity contribution in [1.82, 2.24) is 9.88 Å². The third-order valence-electron chi connectivity index (χ3n) is 4.82. The molecule has 0 saturated carbocycles. The van der Waals surface area contributed by atoms with Crippen molar-refractivity contribution >= 4 is 28.3 Å². The summed E-state index contributed by atoms with van der Waals surface area (Å²) in [6, 6.07) is 15.9. The number of ether oxygens (including phenoxy) is 1. The van der Waals surface area contributed by atoms with Crippen LogP contribution in [0.4, 0.5) is 16.2 Å². The molecular weight excluding hydrogens is 328 g/mol. The maximum atomic E-state index is 12.6. The quantitative estimate of drug-likeness (QED) is 0.760. The van der Waals surface area contributed by atoms with Gasteiger partial charge in [0.2, 0.25) is 0 Å². The van der Waals surface area contributed by atoms with Crippen molar-refractivity contribution in [3.63, 3.8) is 0 Å². The van der Waals surface area contributed by atoms with Gasteiger partial charge in [0, 0.05) is 43.3 Å². The van der Waals surface area contributed by atoms with Crippen LogP contribution in [0.3, 0.4) is 0 Å². The lowest BCUT2D eigenvalue weighted by atomic mass is 10.2. The Hall–Kier alpha value is -3.15. The zero-order chi connectivity index (χ0) is 17.9. The molecule has 6 heteroatoms. The normalized spacial score (nSPS) is 14.5. The Morgan fingerprint density at radius 2 is 1.77 bits per heavy atom. The molecule has 26 heavy (non-hydrogen) atoms. The first-order valence-electron chi connectivity index (χ1n) is 8.76. The molecule has 2 amide bonds. The first kappa shape index (κ1) is 16.3. The molecule has 1 fully saturated rings. The van der Waals surface area contributed by atoms with E-state index >= 15 is 0 Å². The lowest BCUT2D eigenvalue weighted by Gasteiger charge is -2.36. The van der Waals surface area contributed by atoms with Crippen molar-refractivity contribution < 1.29 is 9.53 Å². The molecule has 134 valence electrons. The smallest absolute Gasteiger partial charge is 0.322 e. The van der Waals surface area contributed by atoms with Crippen molar-refractivity contribution in [1.29, 1.82) is 0 Å². The number of H-pyrrole nitrogens is 1. The fraction of sp³-hybridized carbons (Fsp3) is 0.250.